The van der Waals surface area contributed by atoms with Crippen LogP contribution >= 0.6 is 0 Å². The van der Waals surface area contributed by atoms with E-state index in [1.54, 1.807) is 25.1 Å². The molecule has 9 nitrogen and oxygen atoms in total. The highest BCUT2D eigenvalue weighted by Crippen LogP contribution is 2.43. The number of hydrogen-bond donors (Lipinski definition) is 0. The molecule has 0 N–H and O–H groups in total. The molecule has 2 aromatic rings. The number of benzene rings is 1. The average molecular weight is 614 g/mol. The van der Waals surface area contributed by atoms with Crippen LogP contribution in [-0.4, -0.2) is 76.3 Å². The first-order valence-electron chi connectivity index (χ1n) is 13.5. The number of aromatic nitrogens is 2. The zero-order valence-corrected chi connectivity index (χ0v) is 26.4. The second-order valence-electron chi connectivity index (χ2n) is 12.3. The number of carbonyl (C=O) groups is 1. The molecule has 0 unspecified atom stereocenters. The van der Waals surface area contributed by atoms with Gasteiger partial charge < -0.3 is 14.2 Å². The van der Waals surface area contributed by atoms with Gasteiger partial charge in [-0.1, -0.05) is 39.0 Å². The lowest BCUT2D eigenvalue weighted by molar-refractivity contribution is -0.170. The molecule has 0 aliphatic carbocycles. The standard InChI is InChI=1S/C27H38F3N5O4SSi/c1-18-9-8-10-20-21(11-12-35(22(18)20)24(36)27(28,29)30)34-16-19-15-31-25(40(5,37)38)32-23(19)33(17-34)13-14-39-41(6,7)26(2,3)4/h8-10,15,21H,11-14,16-17H2,1-7H3/t21-/m0/s1. The Balaban J connectivity index is 1.69. The molecule has 0 saturated carbocycles. The lowest BCUT2D eigenvalue weighted by Gasteiger charge is -2.45. The summed E-state index contributed by atoms with van der Waals surface area (Å²) < 4.78 is 71.2. The smallest absolute Gasteiger partial charge is 0.415 e. The molecule has 0 radical (unpaired) electrons. The number of alkyl halides is 3. The van der Waals surface area contributed by atoms with Crippen LogP contribution in [0.15, 0.2) is 29.6 Å². The Morgan fingerprint density at radius 3 is 2.49 bits per heavy atom. The number of amides is 1. The molecule has 0 fully saturated rings. The van der Waals surface area contributed by atoms with Crippen molar-refractivity contribution in [2.45, 2.75) is 76.2 Å². The first-order valence-corrected chi connectivity index (χ1v) is 18.3. The molecule has 226 valence electrons. The number of sulfone groups is 1. The zero-order chi connectivity index (χ0) is 30.5. The fourth-order valence-corrected chi connectivity index (χ4v) is 6.62. The SMILES string of the molecule is Cc1cccc2c1N(C(=O)C(F)(F)F)CC[C@@H]2N1Cc2cnc(S(C)(=O)=O)nc2N(CCO[Si](C)(C)C(C)(C)C)C1. The summed E-state index contributed by atoms with van der Waals surface area (Å²) in [6.07, 6.45) is -2.12. The maximum Gasteiger partial charge on any atom is 0.471 e. The molecule has 2 aliphatic rings. The summed E-state index contributed by atoms with van der Waals surface area (Å²) in [5.41, 5.74) is 2.22. The van der Waals surface area contributed by atoms with Crippen molar-refractivity contribution in [3.63, 3.8) is 0 Å². The summed E-state index contributed by atoms with van der Waals surface area (Å²) in [5.74, 6) is -1.37. The van der Waals surface area contributed by atoms with Crippen LogP contribution in [0.25, 0.3) is 0 Å². The van der Waals surface area contributed by atoms with E-state index in [-0.39, 0.29) is 28.5 Å². The minimum absolute atomic E-state index is 0.00780. The van der Waals surface area contributed by atoms with Crippen molar-refractivity contribution in [3.05, 3.63) is 41.1 Å². The van der Waals surface area contributed by atoms with Gasteiger partial charge in [0.15, 0.2) is 8.32 Å². The minimum Gasteiger partial charge on any atom is -0.415 e. The van der Waals surface area contributed by atoms with Crippen LogP contribution in [0.4, 0.5) is 24.7 Å². The number of rotatable bonds is 6. The molecule has 2 aliphatic heterocycles. The molecular weight excluding hydrogens is 575 g/mol. The molecule has 1 aromatic heterocycles. The van der Waals surface area contributed by atoms with E-state index < -0.39 is 30.2 Å². The highest BCUT2D eigenvalue weighted by molar-refractivity contribution is 7.90. The topological polar surface area (TPSA) is 95.9 Å². The molecule has 14 heteroatoms. The van der Waals surface area contributed by atoms with Crippen molar-refractivity contribution in [1.82, 2.24) is 14.9 Å². The average Bonchev–Trinajstić information content (AvgIpc) is 2.85. The van der Waals surface area contributed by atoms with E-state index in [0.717, 1.165) is 11.2 Å². The van der Waals surface area contributed by atoms with Crippen LogP contribution in [0.5, 0.6) is 0 Å². The first kappa shape index (κ1) is 31.4. The normalized spacial score (nSPS) is 18.7. The van der Waals surface area contributed by atoms with Gasteiger partial charge in [0, 0.05) is 43.7 Å². The van der Waals surface area contributed by atoms with Gasteiger partial charge in [-0.2, -0.15) is 13.2 Å². The third-order valence-corrected chi connectivity index (χ3v) is 13.7. The van der Waals surface area contributed by atoms with Crippen LogP contribution in [0.3, 0.4) is 0 Å². The van der Waals surface area contributed by atoms with E-state index in [4.69, 9.17) is 4.43 Å². The maximum absolute atomic E-state index is 13.4. The number of fused-ring (bicyclic) bond motifs is 2. The van der Waals surface area contributed by atoms with Gasteiger partial charge in [-0.3, -0.25) is 9.69 Å². The van der Waals surface area contributed by atoms with Gasteiger partial charge >= 0.3 is 12.1 Å². The Labute approximate surface area is 240 Å². The van der Waals surface area contributed by atoms with E-state index >= 15 is 0 Å². The highest BCUT2D eigenvalue weighted by atomic mass is 32.2. The van der Waals surface area contributed by atoms with Crippen LogP contribution < -0.4 is 9.80 Å². The fourth-order valence-electron chi connectivity index (χ4n) is 5.09. The number of nitrogens with zero attached hydrogens (tertiary/aromatic N) is 5. The Bertz CT molecular complexity index is 1430. The van der Waals surface area contributed by atoms with Gasteiger partial charge in [0.05, 0.1) is 19.0 Å². The number of anilines is 2. The van der Waals surface area contributed by atoms with Gasteiger partial charge in [0.1, 0.15) is 5.82 Å². The summed E-state index contributed by atoms with van der Waals surface area (Å²) in [6, 6.07) is 4.97. The Morgan fingerprint density at radius 2 is 1.88 bits per heavy atom. The molecular formula is C27H38F3N5O4SSi. The predicted octanol–water partition coefficient (Wildman–Crippen LogP) is 4.83. The second kappa shape index (κ2) is 10.9. The van der Waals surface area contributed by atoms with E-state index in [1.807, 2.05) is 4.90 Å². The molecule has 1 amide bonds. The summed E-state index contributed by atoms with van der Waals surface area (Å²) in [5, 5.41) is -0.256. The van der Waals surface area contributed by atoms with E-state index in [2.05, 4.69) is 48.7 Å². The molecule has 1 aromatic carbocycles. The van der Waals surface area contributed by atoms with Gasteiger partial charge in [-0.15, -0.1) is 0 Å². The van der Waals surface area contributed by atoms with Crippen LogP contribution in [0.1, 0.15) is 49.9 Å². The number of halogens is 3. The Kier molecular flexibility index (Phi) is 8.37. The lowest BCUT2D eigenvalue weighted by atomic mass is 9.92. The fraction of sp³-hybridized carbons (Fsp3) is 0.593. The van der Waals surface area contributed by atoms with Crippen molar-refractivity contribution in [3.8, 4) is 0 Å². The number of aryl methyl sites for hydroxylation is 1. The van der Waals surface area contributed by atoms with E-state index in [0.29, 0.717) is 55.3 Å². The van der Waals surface area contributed by atoms with Gasteiger partial charge in [0.2, 0.25) is 15.0 Å². The number of carbonyl (C=O) groups excluding carboxylic acids is 1. The number of hydrogen-bond acceptors (Lipinski definition) is 8. The van der Waals surface area contributed by atoms with Gasteiger partial charge in [0.25, 0.3) is 0 Å². The van der Waals surface area contributed by atoms with Crippen LogP contribution in [0.2, 0.25) is 18.1 Å². The Morgan fingerprint density at radius 1 is 1.20 bits per heavy atom. The van der Waals surface area contributed by atoms with Crippen LogP contribution in [0, 0.1) is 6.92 Å². The third-order valence-electron chi connectivity index (χ3n) is 8.26. The molecule has 3 heterocycles. The molecule has 1 atom stereocenters. The molecule has 4 rings (SSSR count). The monoisotopic (exact) mass is 613 g/mol. The largest absolute Gasteiger partial charge is 0.471 e. The third kappa shape index (κ3) is 6.44. The van der Waals surface area contributed by atoms with E-state index in [1.165, 1.54) is 6.20 Å². The molecule has 41 heavy (non-hydrogen) atoms. The van der Waals surface area contributed by atoms with Gasteiger partial charge in [-0.05, 0) is 42.6 Å². The van der Waals surface area contributed by atoms with Crippen molar-refractivity contribution in [2.75, 3.05) is 42.4 Å². The van der Waals surface area contributed by atoms with E-state index in [9.17, 15) is 26.4 Å². The minimum atomic E-state index is -4.98. The second-order valence-corrected chi connectivity index (χ2v) is 19.0. The summed E-state index contributed by atoms with van der Waals surface area (Å²) >= 11 is 0. The van der Waals surface area contributed by atoms with Crippen molar-refractivity contribution in [2.24, 2.45) is 0 Å². The first-order chi connectivity index (χ1) is 18.8. The predicted molar refractivity (Wildman–Crippen MR) is 153 cm³/mol. The molecule has 0 spiro atoms. The van der Waals surface area contributed by atoms with Crippen molar-refractivity contribution < 1.29 is 30.8 Å². The summed E-state index contributed by atoms with van der Waals surface area (Å²) in [4.78, 5) is 25.7. The highest BCUT2D eigenvalue weighted by Gasteiger charge is 2.46. The Hall–Kier alpha value is -2.55. The van der Waals surface area contributed by atoms with Gasteiger partial charge in [-0.25, -0.2) is 18.4 Å². The number of para-hydroxylation sites is 1. The molecule has 0 saturated heterocycles. The maximum atomic E-state index is 13.4. The van der Waals surface area contributed by atoms with Crippen molar-refractivity contribution in [1.29, 1.82) is 0 Å². The molecule has 0 bridgehead atoms. The lowest BCUT2D eigenvalue weighted by Crippen LogP contribution is -2.50. The summed E-state index contributed by atoms with van der Waals surface area (Å²) in [6.45, 7) is 13.9. The quantitative estimate of drug-likeness (QED) is 0.338. The van der Waals surface area contributed by atoms with Crippen LogP contribution in [-0.2, 0) is 25.6 Å². The van der Waals surface area contributed by atoms with Crippen molar-refractivity contribution >= 4 is 35.6 Å². The summed E-state index contributed by atoms with van der Waals surface area (Å²) in [7, 11) is -5.70. The zero-order valence-electron chi connectivity index (χ0n) is 24.5.